The highest BCUT2D eigenvalue weighted by Gasteiger charge is 2.74. The number of fused-ring (bicyclic) bond motifs is 14. The second kappa shape index (κ2) is 17.5. The first-order valence-corrected chi connectivity index (χ1v) is 29.3. The smallest absolute Gasteiger partial charge is 0.185 e. The maximum atomic E-state index is 14.8. The van der Waals surface area contributed by atoms with Crippen LogP contribution in [-0.2, 0) is 4.79 Å². The number of ketones is 1. The molecule has 68 heavy (non-hydrogen) atoms. The van der Waals surface area contributed by atoms with Gasteiger partial charge in [-0.25, -0.2) is 4.98 Å². The molecule has 1 aromatic heterocycles. The Morgan fingerprint density at radius 2 is 1.71 bits per heavy atom. The lowest BCUT2D eigenvalue weighted by molar-refractivity contribution is -0.172. The number of nitrogens with two attached hydrogens (primary N) is 2. The van der Waals surface area contributed by atoms with Crippen molar-refractivity contribution in [3.05, 3.63) is 52.7 Å². The minimum atomic E-state index is -1.44. The second-order valence-electron chi connectivity index (χ2n) is 25.2. The van der Waals surface area contributed by atoms with Gasteiger partial charge < -0.3 is 41.6 Å². The minimum absolute atomic E-state index is 0.00284. The van der Waals surface area contributed by atoms with Crippen molar-refractivity contribution in [3.8, 4) is 0 Å². The number of aliphatic imine (C=N–C) groups is 1. The van der Waals surface area contributed by atoms with Gasteiger partial charge in [0.15, 0.2) is 11.7 Å². The van der Waals surface area contributed by atoms with Crippen LogP contribution in [0.4, 0.5) is 0 Å². The van der Waals surface area contributed by atoms with E-state index < -0.39 is 40.7 Å². The highest BCUT2D eigenvalue weighted by Crippen LogP contribution is 2.75. The van der Waals surface area contributed by atoms with Gasteiger partial charge in [-0.05, 0) is 160 Å². The number of allylic oxidation sites excluding steroid dienone is 3. The van der Waals surface area contributed by atoms with Crippen molar-refractivity contribution in [1.82, 2.24) is 9.55 Å². The monoisotopic (exact) mass is 972 g/mol. The third-order valence-electron chi connectivity index (χ3n) is 21.5. The summed E-state index contributed by atoms with van der Waals surface area (Å²) < 4.78 is 2.31. The molecule has 0 amide bonds. The summed E-state index contributed by atoms with van der Waals surface area (Å²) >= 11 is 0. The fraction of sp³-hybridized carbons (Fsp3) is 0.800. The minimum Gasteiger partial charge on any atom is -0.396 e. The molecule has 0 radical (unpaired) electrons. The molecule has 17 atom stereocenters. The van der Waals surface area contributed by atoms with E-state index in [2.05, 4.69) is 43.4 Å². The lowest BCUT2D eigenvalue weighted by atomic mass is 9.41. The first-order chi connectivity index (χ1) is 32.5. The molecule has 7 fully saturated rings. The summed E-state index contributed by atoms with van der Waals surface area (Å²) in [6.07, 6.45) is 22.3. The Bertz CT molecular complexity index is 2250. The Morgan fingerprint density at radius 3 is 2.44 bits per heavy atom. The first-order valence-electron chi connectivity index (χ1n) is 26.9. The van der Waals surface area contributed by atoms with E-state index in [1.54, 1.807) is 28.4 Å². The molecule has 4 bridgehead atoms. The van der Waals surface area contributed by atoms with Crippen molar-refractivity contribution in [2.24, 2.45) is 91.4 Å². The van der Waals surface area contributed by atoms with Gasteiger partial charge in [-0.2, -0.15) is 0 Å². The molecule has 6 saturated carbocycles. The third kappa shape index (κ3) is 7.15. The van der Waals surface area contributed by atoms with Crippen LogP contribution in [0.5, 0.6) is 0 Å². The van der Waals surface area contributed by atoms with E-state index in [0.29, 0.717) is 49.5 Å². The Balaban J connectivity index is 1.12. The molecular weight excluding hydrogens is 891 g/mol. The lowest BCUT2D eigenvalue weighted by Gasteiger charge is -2.64. The van der Waals surface area contributed by atoms with Crippen LogP contribution in [0.1, 0.15) is 149 Å². The maximum absolute atomic E-state index is 14.8. The second-order valence-corrected chi connectivity index (χ2v) is 27.9. The van der Waals surface area contributed by atoms with E-state index in [1.807, 2.05) is 34.1 Å². The van der Waals surface area contributed by atoms with Crippen molar-refractivity contribution in [2.75, 3.05) is 18.9 Å². The molecule has 0 aromatic carbocycles. The molecule has 13 heteroatoms. The Hall–Kier alpha value is -2.13. The number of rotatable bonds is 6. The normalized spacial score (nSPS) is 46.0. The summed E-state index contributed by atoms with van der Waals surface area (Å²) in [5.41, 5.74) is 16.7. The van der Waals surface area contributed by atoms with Gasteiger partial charge in [0.1, 0.15) is 0 Å². The van der Waals surface area contributed by atoms with E-state index in [4.69, 9.17) is 16.5 Å². The predicted molar refractivity (Wildman–Crippen MR) is 270 cm³/mol. The van der Waals surface area contributed by atoms with Crippen LogP contribution >= 0.6 is 21.6 Å². The van der Waals surface area contributed by atoms with Crippen molar-refractivity contribution < 1.29 is 30.3 Å². The Morgan fingerprint density at radius 1 is 0.941 bits per heavy atom. The van der Waals surface area contributed by atoms with Gasteiger partial charge in [-0.1, -0.05) is 84.4 Å². The number of imidazole rings is 1. The highest BCUT2D eigenvalue weighted by atomic mass is 33.1. The molecule has 11 nitrogen and oxygen atoms in total. The summed E-state index contributed by atoms with van der Waals surface area (Å²) in [4.78, 5) is 24.1. The number of hydrogen-bond acceptors (Lipinski definition) is 10. The largest absolute Gasteiger partial charge is 0.396 e. The SMILES string of the molecule is CC1(C)CC(n2ccnc2)CSSC(CCCO)C2CC(C3CC4CCCC5=C4C(C1=C1CCCC4(CCCC4)C51)C3O)C1(C)CC(CN=C(N)N)C3C(=CC(=O)C4CC(O)C(O)CC43C)C21O. The zero-order valence-electron chi connectivity index (χ0n) is 41.2. The molecule has 1 aromatic rings. The molecule has 374 valence electrons. The first kappa shape index (κ1) is 48.2. The average Bonchev–Trinajstić information content (AvgIpc) is 4.05. The number of aliphatic hydroxyl groups is 5. The van der Waals surface area contributed by atoms with Crippen LogP contribution in [0.3, 0.4) is 0 Å². The number of carbonyl (C=O) groups is 1. The molecular formula is C55H81N5O6S2. The molecule has 11 rings (SSSR count). The molecule has 1 saturated heterocycles. The van der Waals surface area contributed by atoms with Crippen molar-refractivity contribution in [1.29, 1.82) is 0 Å². The van der Waals surface area contributed by atoms with Crippen LogP contribution in [0, 0.1) is 74.9 Å². The van der Waals surface area contributed by atoms with E-state index in [0.717, 1.165) is 43.4 Å². The predicted octanol–water partition coefficient (Wildman–Crippen LogP) is 8.07. The molecule has 17 unspecified atom stereocenters. The van der Waals surface area contributed by atoms with Crippen LogP contribution in [0.25, 0.3) is 0 Å². The molecule has 9 N–H and O–H groups in total. The molecule has 10 aliphatic rings. The van der Waals surface area contributed by atoms with Crippen LogP contribution in [-0.4, -0.2) is 94.9 Å². The van der Waals surface area contributed by atoms with Crippen molar-refractivity contribution >= 4 is 33.3 Å². The fourth-order valence-corrected chi connectivity index (χ4v) is 22.6. The Labute approximate surface area is 412 Å². The number of nitrogens with zero attached hydrogens (tertiary/aromatic N) is 3. The topological polar surface area (TPSA) is 200 Å². The van der Waals surface area contributed by atoms with Gasteiger partial charge in [-0.3, -0.25) is 9.79 Å². The van der Waals surface area contributed by atoms with Crippen LogP contribution < -0.4 is 11.5 Å². The highest BCUT2D eigenvalue weighted by molar-refractivity contribution is 8.76. The van der Waals surface area contributed by atoms with Crippen LogP contribution in [0.15, 0.2) is 57.7 Å². The summed E-state index contributed by atoms with van der Waals surface area (Å²) in [7, 11) is 3.74. The van der Waals surface area contributed by atoms with Gasteiger partial charge in [0.25, 0.3) is 0 Å². The van der Waals surface area contributed by atoms with Gasteiger partial charge >= 0.3 is 0 Å². The summed E-state index contributed by atoms with van der Waals surface area (Å²) in [5, 5.41) is 61.6. The molecule has 1 aliphatic heterocycles. The maximum Gasteiger partial charge on any atom is 0.185 e. The fourth-order valence-electron chi connectivity index (χ4n) is 19.2. The quantitative estimate of drug-likeness (QED) is 0.0630. The van der Waals surface area contributed by atoms with E-state index in [1.165, 1.54) is 44.9 Å². The Kier molecular flexibility index (Phi) is 12.4. The van der Waals surface area contributed by atoms with Crippen LogP contribution in [0.2, 0.25) is 0 Å². The average molecular weight is 972 g/mol. The summed E-state index contributed by atoms with van der Waals surface area (Å²) in [5.74, 6) is 0.0704. The number of aromatic nitrogens is 2. The van der Waals surface area contributed by atoms with E-state index >= 15 is 0 Å². The number of carbonyl (C=O) groups excluding carboxylic acids is 1. The lowest BCUT2D eigenvalue weighted by Crippen LogP contribution is -2.66. The summed E-state index contributed by atoms with van der Waals surface area (Å²) in [6, 6.07) is 0.139. The van der Waals surface area contributed by atoms with Gasteiger partial charge in [0.05, 0.1) is 30.2 Å². The van der Waals surface area contributed by atoms with E-state index in [-0.39, 0.29) is 83.4 Å². The van der Waals surface area contributed by atoms with Gasteiger partial charge in [0, 0.05) is 71.7 Å². The standard InChI is InChI=1S/C55H81N5O6S2/c1-51(2)25-32(60-18-17-58-29-60)28-67-68-43(13-9-19-61)38-21-36(35-20-30-10-7-11-33-44(30)45(49(35)65)48(51)34-12-8-16-54(47(33)34)14-5-6-15-54)53(4)24-31(27-59-50(56)57)46-39(55(38,53)66)23-40(62)37-22-41(63)42(64)26-52(37,46)3/h17-18,23,29-32,35-38,41-43,45-47,49,61,63-66H,5-16,19-22,24-28H2,1-4H3,(H4,56,57,59). The molecule has 9 aliphatic carbocycles. The zero-order valence-corrected chi connectivity index (χ0v) is 42.8. The van der Waals surface area contributed by atoms with Gasteiger partial charge in [-0.15, -0.1) is 0 Å². The summed E-state index contributed by atoms with van der Waals surface area (Å²) in [6.45, 7) is 9.76. The zero-order chi connectivity index (χ0) is 47.7. The number of guanidine groups is 1. The van der Waals surface area contributed by atoms with E-state index in [9.17, 15) is 30.3 Å². The number of hydrogen-bond donors (Lipinski definition) is 7. The third-order valence-corrected chi connectivity index (χ3v) is 24.6. The van der Waals surface area contributed by atoms with Crippen molar-refractivity contribution in [3.63, 3.8) is 0 Å². The van der Waals surface area contributed by atoms with Gasteiger partial charge in [0.2, 0.25) is 0 Å². The molecule has 2 heterocycles. The molecule has 1 spiro atoms. The number of aliphatic hydroxyl groups excluding tert-OH is 4. The van der Waals surface area contributed by atoms with Crippen molar-refractivity contribution in [2.45, 2.75) is 178 Å².